The predicted octanol–water partition coefficient (Wildman–Crippen LogP) is 7.56. The van der Waals surface area contributed by atoms with Crippen LogP contribution >= 0.6 is 0 Å². The second-order valence-electron chi connectivity index (χ2n) is 10.9. The van der Waals surface area contributed by atoms with Gasteiger partial charge in [0.15, 0.2) is 0 Å². The van der Waals surface area contributed by atoms with Crippen molar-refractivity contribution < 1.29 is 9.47 Å². The van der Waals surface area contributed by atoms with Crippen molar-refractivity contribution in [1.82, 2.24) is 4.90 Å². The third-order valence-corrected chi connectivity index (χ3v) is 8.17. The molecule has 1 aliphatic carbocycles. The molecule has 3 aromatic rings. The van der Waals surface area contributed by atoms with Crippen molar-refractivity contribution in [3.8, 4) is 5.75 Å². The van der Waals surface area contributed by atoms with Crippen LogP contribution < -0.4 is 4.74 Å². The van der Waals surface area contributed by atoms with Crippen molar-refractivity contribution in [2.24, 2.45) is 16.8 Å². The number of hydrogen-bond donors (Lipinski definition) is 0. The molecule has 1 saturated carbocycles. The molecule has 0 unspecified atom stereocenters. The van der Waals surface area contributed by atoms with Gasteiger partial charge in [0, 0.05) is 29.8 Å². The Bertz CT molecular complexity index is 1170. The summed E-state index contributed by atoms with van der Waals surface area (Å²) < 4.78 is 12.3. The zero-order valence-corrected chi connectivity index (χ0v) is 21.9. The van der Waals surface area contributed by atoms with Crippen LogP contribution in [0.2, 0.25) is 0 Å². The Morgan fingerprint density at radius 3 is 2.44 bits per heavy atom. The lowest BCUT2D eigenvalue weighted by Gasteiger charge is -2.57. The number of aliphatic imine (C=N–C) groups is 1. The molecule has 188 valence electrons. The van der Waals surface area contributed by atoms with E-state index >= 15 is 0 Å². The molecule has 1 aliphatic heterocycles. The van der Waals surface area contributed by atoms with E-state index < -0.39 is 0 Å². The molecule has 0 N–H and O–H groups in total. The van der Waals surface area contributed by atoms with Crippen LogP contribution in [0.25, 0.3) is 0 Å². The normalized spacial score (nSPS) is 26.0. The molecule has 2 aliphatic rings. The van der Waals surface area contributed by atoms with Crippen LogP contribution in [0.15, 0.2) is 83.9 Å². The van der Waals surface area contributed by atoms with Gasteiger partial charge < -0.3 is 9.47 Å². The van der Waals surface area contributed by atoms with Crippen LogP contribution in [-0.2, 0) is 11.3 Å². The summed E-state index contributed by atoms with van der Waals surface area (Å²) in [6.45, 7) is 8.06. The SMILES string of the molecule is COc1ccc(N=Cc2ccccc2[C@@H]2O[C@@H]3C[C@H](C)CC[C@H]3C(C)(C)N2Cc2ccccc2)cc1. The molecule has 5 rings (SSSR count). The second-order valence-corrected chi connectivity index (χ2v) is 10.9. The summed E-state index contributed by atoms with van der Waals surface area (Å²) in [5.74, 6) is 2.06. The molecule has 2 fully saturated rings. The molecule has 0 spiro atoms. The fourth-order valence-electron chi connectivity index (χ4n) is 6.02. The van der Waals surface area contributed by atoms with E-state index in [1.165, 1.54) is 24.0 Å². The minimum absolute atomic E-state index is 0.00377. The van der Waals surface area contributed by atoms with Gasteiger partial charge in [0.2, 0.25) is 0 Å². The summed E-state index contributed by atoms with van der Waals surface area (Å²) in [6.07, 6.45) is 5.74. The minimum Gasteiger partial charge on any atom is -0.497 e. The van der Waals surface area contributed by atoms with Crippen molar-refractivity contribution in [3.63, 3.8) is 0 Å². The Kier molecular flexibility index (Phi) is 7.27. The quantitative estimate of drug-likeness (QED) is 0.340. The monoisotopic (exact) mass is 482 g/mol. The van der Waals surface area contributed by atoms with Crippen LogP contribution in [0, 0.1) is 11.8 Å². The van der Waals surface area contributed by atoms with Crippen LogP contribution in [-0.4, -0.2) is 29.9 Å². The maximum absolute atomic E-state index is 7.04. The fourth-order valence-corrected chi connectivity index (χ4v) is 6.02. The molecule has 4 nitrogen and oxygen atoms in total. The molecule has 1 heterocycles. The van der Waals surface area contributed by atoms with Gasteiger partial charge in [-0.25, -0.2) is 0 Å². The molecule has 1 saturated heterocycles. The van der Waals surface area contributed by atoms with E-state index in [4.69, 9.17) is 14.5 Å². The number of methoxy groups -OCH3 is 1. The highest BCUT2D eigenvalue weighted by Crippen LogP contribution is 2.49. The third-order valence-electron chi connectivity index (χ3n) is 8.17. The van der Waals surface area contributed by atoms with Gasteiger partial charge in [-0.2, -0.15) is 0 Å². The van der Waals surface area contributed by atoms with Crippen LogP contribution in [0.1, 0.15) is 63.0 Å². The first-order valence-electron chi connectivity index (χ1n) is 13.2. The van der Waals surface area contributed by atoms with E-state index in [0.29, 0.717) is 11.8 Å². The van der Waals surface area contributed by atoms with E-state index in [1.54, 1.807) is 7.11 Å². The molecular formula is C32H38N2O2. The molecule has 4 atom stereocenters. The summed E-state index contributed by atoms with van der Waals surface area (Å²) in [5, 5.41) is 0. The molecule has 0 amide bonds. The van der Waals surface area contributed by atoms with Gasteiger partial charge in [0.1, 0.15) is 12.0 Å². The Labute approximate surface area is 216 Å². The number of rotatable bonds is 6. The number of ether oxygens (including phenoxy) is 2. The second kappa shape index (κ2) is 10.6. The van der Waals surface area contributed by atoms with Crippen molar-refractivity contribution in [1.29, 1.82) is 0 Å². The summed E-state index contributed by atoms with van der Waals surface area (Å²) in [5.41, 5.74) is 4.48. The number of fused-ring (bicyclic) bond motifs is 1. The van der Waals surface area contributed by atoms with Crippen LogP contribution in [0.5, 0.6) is 5.75 Å². The largest absolute Gasteiger partial charge is 0.497 e. The molecule has 3 aromatic carbocycles. The standard InChI is InChI=1S/C32H38N2O2/c1-23-14-19-29-30(20-23)36-31(34(32(29,2)3)22-24-10-6-5-7-11-24)28-13-9-8-12-25(28)21-33-26-15-17-27(35-4)18-16-26/h5-13,15-18,21,23,29-31H,14,19-20,22H2,1-4H3/t23-,29-,30-,31+/m1/s1. The van der Waals surface area contributed by atoms with Gasteiger partial charge in [-0.05, 0) is 68.0 Å². The highest BCUT2D eigenvalue weighted by Gasteiger charge is 2.51. The summed E-state index contributed by atoms with van der Waals surface area (Å²) in [7, 11) is 1.68. The lowest BCUT2D eigenvalue weighted by atomic mass is 9.69. The zero-order chi connectivity index (χ0) is 25.1. The first kappa shape index (κ1) is 24.7. The molecular weight excluding hydrogens is 444 g/mol. The summed E-state index contributed by atoms with van der Waals surface area (Å²) >= 11 is 0. The summed E-state index contributed by atoms with van der Waals surface area (Å²) in [4.78, 5) is 7.37. The highest BCUT2D eigenvalue weighted by molar-refractivity contribution is 5.84. The van der Waals surface area contributed by atoms with Gasteiger partial charge in [-0.1, -0.05) is 67.9 Å². The van der Waals surface area contributed by atoms with Gasteiger partial charge in [0.05, 0.1) is 18.9 Å². The Morgan fingerprint density at radius 1 is 0.972 bits per heavy atom. The average Bonchev–Trinajstić information content (AvgIpc) is 2.90. The van der Waals surface area contributed by atoms with Gasteiger partial charge >= 0.3 is 0 Å². The average molecular weight is 483 g/mol. The Hall–Kier alpha value is -2.95. The lowest BCUT2D eigenvalue weighted by Crippen LogP contribution is -2.61. The van der Waals surface area contributed by atoms with Crippen molar-refractivity contribution >= 4 is 11.9 Å². The van der Waals surface area contributed by atoms with E-state index in [0.717, 1.165) is 30.0 Å². The summed E-state index contributed by atoms with van der Waals surface area (Å²) in [6, 6.07) is 27.2. The highest BCUT2D eigenvalue weighted by atomic mass is 16.5. The Morgan fingerprint density at radius 2 is 1.69 bits per heavy atom. The van der Waals surface area contributed by atoms with Gasteiger partial charge in [0.25, 0.3) is 0 Å². The first-order chi connectivity index (χ1) is 17.5. The van der Waals surface area contributed by atoms with Crippen LogP contribution in [0.3, 0.4) is 0 Å². The minimum atomic E-state index is -0.134. The topological polar surface area (TPSA) is 34.1 Å². The van der Waals surface area contributed by atoms with E-state index in [2.05, 4.69) is 80.3 Å². The molecule has 0 bridgehead atoms. The maximum Gasteiger partial charge on any atom is 0.138 e. The molecule has 36 heavy (non-hydrogen) atoms. The maximum atomic E-state index is 7.04. The molecule has 0 aromatic heterocycles. The van der Waals surface area contributed by atoms with E-state index in [9.17, 15) is 0 Å². The fraction of sp³-hybridized carbons (Fsp3) is 0.406. The van der Waals surface area contributed by atoms with Gasteiger partial charge in [-0.3, -0.25) is 9.89 Å². The van der Waals surface area contributed by atoms with Crippen LogP contribution in [0.4, 0.5) is 5.69 Å². The van der Waals surface area contributed by atoms with Crippen molar-refractivity contribution in [3.05, 3.63) is 95.6 Å². The van der Waals surface area contributed by atoms with E-state index in [-0.39, 0.29) is 17.9 Å². The predicted molar refractivity (Wildman–Crippen MR) is 147 cm³/mol. The number of benzene rings is 3. The van der Waals surface area contributed by atoms with Crippen molar-refractivity contribution in [2.45, 2.75) is 64.4 Å². The first-order valence-corrected chi connectivity index (χ1v) is 13.2. The number of hydrogen-bond acceptors (Lipinski definition) is 4. The lowest BCUT2D eigenvalue weighted by molar-refractivity contribution is -0.240. The smallest absolute Gasteiger partial charge is 0.138 e. The third kappa shape index (κ3) is 5.11. The zero-order valence-electron chi connectivity index (χ0n) is 21.9. The molecule has 4 heteroatoms. The van der Waals surface area contributed by atoms with Gasteiger partial charge in [-0.15, -0.1) is 0 Å². The molecule has 0 radical (unpaired) electrons. The van der Waals surface area contributed by atoms with Crippen molar-refractivity contribution in [2.75, 3.05) is 7.11 Å². The number of nitrogens with zero attached hydrogens (tertiary/aromatic N) is 2. The Balaban J connectivity index is 1.51. The van der Waals surface area contributed by atoms with E-state index in [1.807, 2.05) is 30.5 Å².